The van der Waals surface area contributed by atoms with Crippen molar-refractivity contribution in [1.29, 1.82) is 0 Å². The fourth-order valence-electron chi connectivity index (χ4n) is 2.53. The summed E-state index contributed by atoms with van der Waals surface area (Å²) in [4.78, 5) is 12.2. The Labute approximate surface area is 106 Å². The molecule has 0 heterocycles. The van der Waals surface area contributed by atoms with Crippen LogP contribution in [-0.4, -0.2) is 11.8 Å². The second-order valence-corrected chi connectivity index (χ2v) is 7.11. The second-order valence-electron chi connectivity index (χ2n) is 7.11. The van der Waals surface area contributed by atoms with E-state index in [1.165, 1.54) is 6.42 Å². The molecule has 1 fully saturated rings. The number of carbonyl (C=O) groups excluding carboxylic acids is 1. The number of hydrogen-bond donors (Lipinski definition) is 1. The minimum absolute atomic E-state index is 0.00958. The van der Waals surface area contributed by atoms with Crippen LogP contribution in [-0.2, 0) is 4.79 Å². The molecule has 100 valence electrons. The molecule has 1 rings (SSSR count). The number of nitrogens with two attached hydrogens (primary N) is 1. The van der Waals surface area contributed by atoms with Crippen LogP contribution >= 0.6 is 0 Å². The summed E-state index contributed by atoms with van der Waals surface area (Å²) in [6.45, 7) is 10.9. The first-order valence-corrected chi connectivity index (χ1v) is 7.00. The Bertz CT molecular complexity index is 267. The van der Waals surface area contributed by atoms with Crippen molar-refractivity contribution in [3.63, 3.8) is 0 Å². The van der Waals surface area contributed by atoms with E-state index in [9.17, 15) is 4.79 Å². The first-order valence-electron chi connectivity index (χ1n) is 7.00. The van der Waals surface area contributed by atoms with Gasteiger partial charge in [0.05, 0.1) is 0 Å². The van der Waals surface area contributed by atoms with Crippen molar-refractivity contribution in [2.75, 3.05) is 0 Å². The van der Waals surface area contributed by atoms with Gasteiger partial charge in [0.1, 0.15) is 5.78 Å². The second kappa shape index (κ2) is 5.51. The summed E-state index contributed by atoms with van der Waals surface area (Å²) in [5, 5.41) is 0. The number of Topliss-reactive ketones (excluding diaryl/α,β-unsaturated/α-hetero) is 1. The van der Waals surface area contributed by atoms with Gasteiger partial charge >= 0.3 is 0 Å². The Hall–Kier alpha value is -0.370. The maximum absolute atomic E-state index is 12.2. The normalized spacial score (nSPS) is 32.2. The van der Waals surface area contributed by atoms with E-state index < -0.39 is 0 Å². The van der Waals surface area contributed by atoms with Crippen LogP contribution < -0.4 is 5.73 Å². The summed E-state index contributed by atoms with van der Waals surface area (Å²) in [5.74, 6) is 2.12. The molecule has 1 saturated carbocycles. The average molecular weight is 239 g/mol. The molecule has 1 aliphatic rings. The van der Waals surface area contributed by atoms with Gasteiger partial charge in [-0.25, -0.2) is 0 Å². The van der Waals surface area contributed by atoms with E-state index >= 15 is 0 Å². The van der Waals surface area contributed by atoms with Crippen molar-refractivity contribution >= 4 is 5.78 Å². The lowest BCUT2D eigenvalue weighted by Gasteiger charge is -2.33. The SMILES string of the molecule is CC1CCC(C(=O)CC(N)C(C)(C)C)CC1C. The highest BCUT2D eigenvalue weighted by molar-refractivity contribution is 5.81. The highest BCUT2D eigenvalue weighted by Crippen LogP contribution is 2.35. The quantitative estimate of drug-likeness (QED) is 0.820. The van der Waals surface area contributed by atoms with Gasteiger partial charge in [-0.1, -0.05) is 34.6 Å². The molecule has 0 radical (unpaired) electrons. The van der Waals surface area contributed by atoms with Crippen molar-refractivity contribution in [2.24, 2.45) is 28.9 Å². The first kappa shape index (κ1) is 14.7. The monoisotopic (exact) mass is 239 g/mol. The molecule has 0 spiro atoms. The molecule has 2 nitrogen and oxygen atoms in total. The van der Waals surface area contributed by atoms with Gasteiger partial charge in [-0.15, -0.1) is 0 Å². The summed E-state index contributed by atoms with van der Waals surface area (Å²) in [6, 6.07) is -0.00958. The molecule has 0 aromatic heterocycles. The van der Waals surface area contributed by atoms with Crippen molar-refractivity contribution in [3.05, 3.63) is 0 Å². The van der Waals surface area contributed by atoms with Gasteiger partial charge in [-0.2, -0.15) is 0 Å². The van der Waals surface area contributed by atoms with E-state index in [2.05, 4.69) is 34.6 Å². The van der Waals surface area contributed by atoms with Crippen LogP contribution in [0.1, 0.15) is 60.3 Å². The molecule has 4 atom stereocenters. The molecule has 17 heavy (non-hydrogen) atoms. The summed E-state index contributed by atoms with van der Waals surface area (Å²) >= 11 is 0. The Morgan fingerprint density at radius 1 is 1.24 bits per heavy atom. The maximum Gasteiger partial charge on any atom is 0.137 e. The van der Waals surface area contributed by atoms with Gasteiger partial charge in [0.2, 0.25) is 0 Å². The van der Waals surface area contributed by atoms with E-state index in [0.717, 1.165) is 18.8 Å². The Morgan fingerprint density at radius 2 is 1.82 bits per heavy atom. The zero-order valence-electron chi connectivity index (χ0n) is 12.1. The highest BCUT2D eigenvalue weighted by Gasteiger charge is 2.31. The van der Waals surface area contributed by atoms with Crippen LogP contribution in [0.4, 0.5) is 0 Å². The molecule has 0 aromatic carbocycles. The smallest absolute Gasteiger partial charge is 0.137 e. The van der Waals surface area contributed by atoms with Gasteiger partial charge in [-0.05, 0) is 36.5 Å². The topological polar surface area (TPSA) is 43.1 Å². The first-order chi connectivity index (χ1) is 7.71. The van der Waals surface area contributed by atoms with Crippen LogP contribution in [0.2, 0.25) is 0 Å². The van der Waals surface area contributed by atoms with E-state index in [-0.39, 0.29) is 17.4 Å². The summed E-state index contributed by atoms with van der Waals surface area (Å²) in [5.41, 5.74) is 6.13. The van der Waals surface area contributed by atoms with Crippen LogP contribution in [0.5, 0.6) is 0 Å². The van der Waals surface area contributed by atoms with Crippen LogP contribution in [0.3, 0.4) is 0 Å². The van der Waals surface area contributed by atoms with Crippen molar-refractivity contribution in [1.82, 2.24) is 0 Å². The standard InChI is InChI=1S/C15H29NO/c1-10-6-7-12(8-11(10)2)13(17)9-14(16)15(3,4)5/h10-12,14H,6-9,16H2,1-5H3. The molecule has 0 saturated heterocycles. The Kier molecular flexibility index (Phi) is 4.77. The van der Waals surface area contributed by atoms with Gasteiger partial charge < -0.3 is 5.73 Å². The number of rotatable bonds is 3. The summed E-state index contributed by atoms with van der Waals surface area (Å²) in [6.07, 6.45) is 3.88. The minimum Gasteiger partial charge on any atom is -0.327 e. The molecule has 1 aliphatic carbocycles. The fraction of sp³-hybridized carbons (Fsp3) is 0.933. The highest BCUT2D eigenvalue weighted by atomic mass is 16.1. The average Bonchev–Trinajstić information content (AvgIpc) is 2.20. The predicted molar refractivity (Wildman–Crippen MR) is 72.7 cm³/mol. The molecule has 0 aromatic rings. The lowest BCUT2D eigenvalue weighted by atomic mass is 9.72. The summed E-state index contributed by atoms with van der Waals surface area (Å²) < 4.78 is 0. The zero-order chi connectivity index (χ0) is 13.2. The third-order valence-corrected chi connectivity index (χ3v) is 4.59. The molecule has 0 bridgehead atoms. The van der Waals surface area contributed by atoms with Gasteiger partial charge in [0.25, 0.3) is 0 Å². The fourth-order valence-corrected chi connectivity index (χ4v) is 2.53. The van der Waals surface area contributed by atoms with E-state index in [4.69, 9.17) is 5.73 Å². The molecule has 2 N–H and O–H groups in total. The summed E-state index contributed by atoms with van der Waals surface area (Å²) in [7, 11) is 0. The number of carbonyl (C=O) groups is 1. The predicted octanol–water partition coefficient (Wildman–Crippen LogP) is 3.39. The van der Waals surface area contributed by atoms with E-state index in [1.54, 1.807) is 0 Å². The molecule has 0 amide bonds. The third-order valence-electron chi connectivity index (χ3n) is 4.59. The van der Waals surface area contributed by atoms with E-state index in [0.29, 0.717) is 18.1 Å². The van der Waals surface area contributed by atoms with Crippen molar-refractivity contribution in [2.45, 2.75) is 66.3 Å². The molecule has 2 heteroatoms. The molecule has 4 unspecified atom stereocenters. The van der Waals surface area contributed by atoms with Crippen molar-refractivity contribution in [3.8, 4) is 0 Å². The zero-order valence-corrected chi connectivity index (χ0v) is 12.1. The minimum atomic E-state index is -0.00958. The number of ketones is 1. The van der Waals surface area contributed by atoms with Crippen LogP contribution in [0.15, 0.2) is 0 Å². The van der Waals surface area contributed by atoms with Gasteiger partial charge in [0, 0.05) is 18.4 Å². The largest absolute Gasteiger partial charge is 0.327 e. The van der Waals surface area contributed by atoms with Crippen LogP contribution in [0.25, 0.3) is 0 Å². The Morgan fingerprint density at radius 3 is 2.29 bits per heavy atom. The lowest BCUT2D eigenvalue weighted by Crippen LogP contribution is -2.39. The van der Waals surface area contributed by atoms with E-state index in [1.807, 2.05) is 0 Å². The Balaban J connectivity index is 2.49. The van der Waals surface area contributed by atoms with Gasteiger partial charge in [-0.3, -0.25) is 4.79 Å². The molecule has 0 aliphatic heterocycles. The molecular weight excluding hydrogens is 210 g/mol. The van der Waals surface area contributed by atoms with Crippen LogP contribution in [0, 0.1) is 23.2 Å². The van der Waals surface area contributed by atoms with Crippen molar-refractivity contribution < 1.29 is 4.79 Å². The maximum atomic E-state index is 12.2. The number of hydrogen-bond acceptors (Lipinski definition) is 2. The lowest BCUT2D eigenvalue weighted by molar-refractivity contribution is -0.125. The van der Waals surface area contributed by atoms with Gasteiger partial charge in [0.15, 0.2) is 0 Å². The molecular formula is C15H29NO. The third kappa shape index (κ3) is 4.09.